The Balaban J connectivity index is 5.47. The maximum Gasteiger partial charge on any atom is 0.0629 e. The molecule has 0 N–H and O–H groups in total. The number of hydrogen-bond acceptors (Lipinski definition) is 0. The highest BCUT2D eigenvalue weighted by molar-refractivity contribution is 5.34. The van der Waals surface area contributed by atoms with Crippen LogP contribution in [-0.2, 0) is 0 Å². The van der Waals surface area contributed by atoms with Gasteiger partial charge in [0.25, 0.3) is 0 Å². The molecule has 0 saturated carbocycles. The molecule has 0 spiro atoms. The standard InChI is InChI=1S/C9H12/c1-5-6-7-9(4)8(2)3/h5-7H,1-2,4H2,3H3/b7-6-/i1D,2D,3D,4D,5D,6D,7D/b5-1?,7-6-,8-2?,9-4?. The smallest absolute Gasteiger partial charge is 0.0629 e. The van der Waals surface area contributed by atoms with Gasteiger partial charge in [0.15, 0.2) is 0 Å². The molecule has 0 bridgehead atoms. The summed E-state index contributed by atoms with van der Waals surface area (Å²) in [6.45, 7) is 1.98. The molecule has 0 radical (unpaired) electrons. The van der Waals surface area contributed by atoms with Crippen molar-refractivity contribution in [3.05, 3.63) is 49.0 Å². The van der Waals surface area contributed by atoms with Gasteiger partial charge in [0.05, 0.1) is 8.22 Å². The van der Waals surface area contributed by atoms with Crippen LogP contribution in [0.15, 0.2) is 49.0 Å². The summed E-state index contributed by atoms with van der Waals surface area (Å²) >= 11 is 0. The monoisotopic (exact) mass is 127 g/mol. The van der Waals surface area contributed by atoms with Crippen molar-refractivity contribution >= 4 is 0 Å². The Hall–Kier alpha value is -1.04. The maximum atomic E-state index is 7.56. The summed E-state index contributed by atoms with van der Waals surface area (Å²) in [6, 6.07) is -1.37. The summed E-state index contributed by atoms with van der Waals surface area (Å²) in [7, 11) is 0. The van der Waals surface area contributed by atoms with Crippen LogP contribution in [0, 0.1) is 0 Å². The molecule has 0 aliphatic carbocycles. The van der Waals surface area contributed by atoms with Gasteiger partial charge < -0.3 is 0 Å². The van der Waals surface area contributed by atoms with Crippen molar-refractivity contribution in [3.8, 4) is 0 Å². The first-order valence-electron chi connectivity index (χ1n) is 6.16. The average Bonchev–Trinajstić information content (AvgIpc) is 2.32. The van der Waals surface area contributed by atoms with E-state index in [1.54, 1.807) is 0 Å². The highest BCUT2D eigenvalue weighted by Gasteiger charge is 1.83. The van der Waals surface area contributed by atoms with Gasteiger partial charge in [0.1, 0.15) is 0 Å². The van der Waals surface area contributed by atoms with Crippen molar-refractivity contribution in [3.63, 3.8) is 0 Å². The summed E-state index contributed by atoms with van der Waals surface area (Å²) < 4.78 is 50.1. The third-order valence-corrected chi connectivity index (χ3v) is 0.615. The molecule has 0 nitrogen and oxygen atoms in total. The number of allylic oxidation sites excluding steroid dienone is 5. The highest BCUT2D eigenvalue weighted by Crippen LogP contribution is 2.03. The van der Waals surface area contributed by atoms with Crippen molar-refractivity contribution < 1.29 is 9.60 Å². The lowest BCUT2D eigenvalue weighted by Crippen LogP contribution is -1.72. The molecule has 9 heavy (non-hydrogen) atoms. The summed E-state index contributed by atoms with van der Waals surface area (Å²) in [5.41, 5.74) is 0.0872. The lowest BCUT2D eigenvalue weighted by Gasteiger charge is -1.92. The van der Waals surface area contributed by atoms with Crippen LogP contribution in [0.4, 0.5) is 0 Å². The third-order valence-electron chi connectivity index (χ3n) is 0.615. The minimum atomic E-state index is -0.499. The van der Waals surface area contributed by atoms with Gasteiger partial charge in [-0.1, -0.05) is 43.4 Å². The summed E-state index contributed by atoms with van der Waals surface area (Å²) in [5.74, 6) is 0. The molecular weight excluding hydrogens is 108 g/mol. The van der Waals surface area contributed by atoms with Gasteiger partial charge in [0, 0.05) is 1.37 Å². The highest BCUT2D eigenvalue weighted by atomic mass is 13.9. The van der Waals surface area contributed by atoms with Crippen LogP contribution in [0.2, 0.25) is 0 Å². The first-order valence-corrected chi connectivity index (χ1v) is 2.22. The molecule has 0 aromatic rings. The predicted octanol–water partition coefficient (Wildman–Crippen LogP) is 2.86. The van der Waals surface area contributed by atoms with E-state index < -0.39 is 18.2 Å². The molecule has 0 rings (SSSR count). The second kappa shape index (κ2) is 3.90. The van der Waals surface area contributed by atoms with Crippen LogP contribution < -0.4 is 0 Å². The second-order valence-electron chi connectivity index (χ2n) is 1.33. The Bertz CT molecular complexity index is 362. The Morgan fingerprint density at radius 1 is 1.78 bits per heavy atom. The zero-order valence-electron chi connectivity index (χ0n) is 11.9. The molecule has 0 aliphatic rings. The zero-order valence-corrected chi connectivity index (χ0v) is 4.94. The summed E-state index contributed by atoms with van der Waals surface area (Å²) in [5, 5.41) is 0. The van der Waals surface area contributed by atoms with Crippen molar-refractivity contribution in [1.29, 1.82) is 0 Å². The first kappa shape index (κ1) is 1.98. The van der Waals surface area contributed by atoms with Crippen LogP contribution in [0.25, 0.3) is 0 Å². The van der Waals surface area contributed by atoms with Gasteiger partial charge in [0.2, 0.25) is 0 Å². The van der Waals surface area contributed by atoms with Crippen molar-refractivity contribution in [2.75, 3.05) is 0 Å². The fourth-order valence-electron chi connectivity index (χ4n) is 0.184. The zero-order chi connectivity index (χ0) is 12.7. The maximum absolute atomic E-state index is 7.56. The predicted molar refractivity (Wildman–Crippen MR) is 43.3 cm³/mol. The van der Waals surface area contributed by atoms with Crippen LogP contribution in [0.3, 0.4) is 0 Å². The van der Waals surface area contributed by atoms with Gasteiger partial charge >= 0.3 is 0 Å². The SMILES string of the molecule is [2H]C=C(C[2H])C(=C[2H])/C([2H])=C(/[2H])C([2H])=C[2H]. The van der Waals surface area contributed by atoms with Crippen LogP contribution in [0.5, 0.6) is 0 Å². The Labute approximate surface area is 66.7 Å². The van der Waals surface area contributed by atoms with E-state index in [0.29, 0.717) is 6.55 Å². The largest absolute Gasteiger partial charge is 0.0991 e. The van der Waals surface area contributed by atoms with E-state index in [1.807, 2.05) is 0 Å². The van der Waals surface area contributed by atoms with E-state index >= 15 is 0 Å². The Morgan fingerprint density at radius 2 is 2.78 bits per heavy atom. The molecular formula is C9H12. The van der Waals surface area contributed by atoms with E-state index in [1.165, 1.54) is 0 Å². The van der Waals surface area contributed by atoms with Crippen LogP contribution in [0.1, 0.15) is 16.5 Å². The van der Waals surface area contributed by atoms with Gasteiger partial charge in [-0.15, -0.1) is 0 Å². The van der Waals surface area contributed by atoms with E-state index in [4.69, 9.17) is 9.60 Å². The molecule has 0 aromatic heterocycles. The molecule has 0 atom stereocenters. The average molecular weight is 127 g/mol. The molecule has 0 aromatic carbocycles. The number of hydrogen-bond donors (Lipinski definition) is 0. The van der Waals surface area contributed by atoms with E-state index in [2.05, 4.69) is 0 Å². The van der Waals surface area contributed by atoms with Gasteiger partial charge in [-0.2, -0.15) is 0 Å². The topological polar surface area (TPSA) is 0 Å². The minimum Gasteiger partial charge on any atom is -0.0991 e. The minimum absolute atomic E-state index is 0.0402. The van der Waals surface area contributed by atoms with E-state index in [0.717, 1.165) is 13.1 Å². The van der Waals surface area contributed by atoms with E-state index in [-0.39, 0.29) is 18.0 Å². The normalized spacial score (nSPS) is 29.8. The Kier molecular flexibility index (Phi) is 0.858. The fraction of sp³-hybridized carbons (Fsp3) is 0.111. The van der Waals surface area contributed by atoms with Crippen molar-refractivity contribution in [2.24, 2.45) is 0 Å². The molecule has 0 amide bonds. The lowest BCUT2D eigenvalue weighted by molar-refractivity contribution is 1.47. The van der Waals surface area contributed by atoms with Crippen LogP contribution in [-0.4, -0.2) is 0 Å². The first-order chi connectivity index (χ1) is 7.53. The summed E-state index contributed by atoms with van der Waals surface area (Å²) in [6.07, 6.45) is 0. The van der Waals surface area contributed by atoms with Gasteiger partial charge in [-0.3, -0.25) is 0 Å². The van der Waals surface area contributed by atoms with Gasteiger partial charge in [-0.05, 0) is 12.5 Å². The molecule has 0 heterocycles. The Morgan fingerprint density at radius 3 is 3.33 bits per heavy atom. The lowest BCUT2D eigenvalue weighted by atomic mass is 10.1. The molecule has 0 fully saturated rings. The van der Waals surface area contributed by atoms with Crippen LogP contribution >= 0.6 is 0 Å². The number of rotatable bonds is 3. The van der Waals surface area contributed by atoms with Crippen molar-refractivity contribution in [1.82, 2.24) is 0 Å². The summed E-state index contributed by atoms with van der Waals surface area (Å²) in [4.78, 5) is 0. The van der Waals surface area contributed by atoms with Gasteiger partial charge in [-0.25, -0.2) is 0 Å². The fourth-order valence-corrected chi connectivity index (χ4v) is 0.184. The molecule has 48 valence electrons. The third kappa shape index (κ3) is 3.53. The second-order valence-corrected chi connectivity index (χ2v) is 1.33. The molecule has 0 aliphatic heterocycles. The molecule has 0 heteroatoms. The van der Waals surface area contributed by atoms with E-state index in [9.17, 15) is 0 Å². The quantitative estimate of drug-likeness (QED) is 0.511. The van der Waals surface area contributed by atoms with Crippen molar-refractivity contribution in [2.45, 2.75) is 6.90 Å². The molecule has 0 saturated heterocycles. The molecule has 0 unspecified atom stereocenters.